The van der Waals surface area contributed by atoms with Crippen molar-refractivity contribution in [3.63, 3.8) is 0 Å². The molecule has 0 aromatic heterocycles. The molecule has 3 nitrogen and oxygen atoms in total. The molecule has 2 aliphatic rings. The molecule has 1 saturated heterocycles. The summed E-state index contributed by atoms with van der Waals surface area (Å²) < 4.78 is 0. The lowest BCUT2D eigenvalue weighted by atomic mass is 9.65. The number of aliphatic carboxylic acids is 1. The Morgan fingerprint density at radius 1 is 1.28 bits per heavy atom. The molecule has 2 unspecified atom stereocenters. The lowest BCUT2D eigenvalue weighted by molar-refractivity contribution is -0.137. The summed E-state index contributed by atoms with van der Waals surface area (Å²) in [5.41, 5.74) is 0.979. The second-order valence-electron chi connectivity index (χ2n) is 7.54. The molecule has 104 valence electrons. The number of unbranched alkanes of at least 4 members (excludes halogenated alkanes) is 1. The van der Waals surface area contributed by atoms with Crippen molar-refractivity contribution in [3.8, 4) is 0 Å². The summed E-state index contributed by atoms with van der Waals surface area (Å²) in [6, 6.07) is 0.739. The van der Waals surface area contributed by atoms with Gasteiger partial charge in [-0.25, -0.2) is 0 Å². The van der Waals surface area contributed by atoms with Crippen LogP contribution in [0, 0.1) is 10.8 Å². The van der Waals surface area contributed by atoms with E-state index in [1.165, 1.54) is 25.8 Å². The Balaban J connectivity index is 1.83. The molecule has 0 amide bonds. The molecular weight excluding hydrogens is 226 g/mol. The highest BCUT2D eigenvalue weighted by Crippen LogP contribution is 2.52. The SMILES string of the molecule is CC1(C)CC2CC(C)(CN2CCCCC(=O)O)C1. The van der Waals surface area contributed by atoms with E-state index in [0.29, 0.717) is 17.3 Å². The quantitative estimate of drug-likeness (QED) is 0.765. The van der Waals surface area contributed by atoms with Crippen LogP contribution in [0.5, 0.6) is 0 Å². The van der Waals surface area contributed by atoms with Crippen molar-refractivity contribution in [1.29, 1.82) is 0 Å². The van der Waals surface area contributed by atoms with Crippen molar-refractivity contribution in [2.24, 2.45) is 10.8 Å². The summed E-state index contributed by atoms with van der Waals surface area (Å²) in [6.07, 6.45) is 6.15. The molecule has 1 saturated carbocycles. The Hall–Kier alpha value is -0.570. The molecule has 0 spiro atoms. The second kappa shape index (κ2) is 4.84. The topological polar surface area (TPSA) is 40.5 Å². The van der Waals surface area contributed by atoms with Gasteiger partial charge in [0.15, 0.2) is 0 Å². The zero-order chi connectivity index (χ0) is 13.4. The second-order valence-corrected chi connectivity index (χ2v) is 7.54. The van der Waals surface area contributed by atoms with Crippen LogP contribution in [0.2, 0.25) is 0 Å². The van der Waals surface area contributed by atoms with E-state index in [1.54, 1.807) is 0 Å². The maximum atomic E-state index is 10.5. The Labute approximate surface area is 111 Å². The fourth-order valence-electron chi connectivity index (χ4n) is 4.43. The van der Waals surface area contributed by atoms with Gasteiger partial charge in [-0.3, -0.25) is 9.69 Å². The molecule has 18 heavy (non-hydrogen) atoms. The minimum atomic E-state index is -0.664. The molecule has 1 N–H and O–H groups in total. The molecule has 1 aliphatic carbocycles. The normalized spacial score (nSPS) is 34.7. The smallest absolute Gasteiger partial charge is 0.303 e. The Bertz CT molecular complexity index is 326. The molecule has 2 bridgehead atoms. The first-order valence-electron chi connectivity index (χ1n) is 7.26. The van der Waals surface area contributed by atoms with Crippen molar-refractivity contribution in [1.82, 2.24) is 4.90 Å². The van der Waals surface area contributed by atoms with Crippen LogP contribution in [0.1, 0.15) is 59.3 Å². The summed E-state index contributed by atoms with van der Waals surface area (Å²) in [5.74, 6) is -0.664. The third-order valence-corrected chi connectivity index (χ3v) is 4.61. The summed E-state index contributed by atoms with van der Waals surface area (Å²) >= 11 is 0. The Morgan fingerprint density at radius 3 is 2.67 bits per heavy atom. The number of nitrogens with zero attached hydrogens (tertiary/aromatic N) is 1. The Morgan fingerprint density at radius 2 is 2.00 bits per heavy atom. The van der Waals surface area contributed by atoms with Gasteiger partial charge >= 0.3 is 5.97 Å². The first-order chi connectivity index (χ1) is 8.30. The van der Waals surface area contributed by atoms with Gasteiger partial charge in [0, 0.05) is 19.0 Å². The minimum absolute atomic E-state index is 0.321. The summed E-state index contributed by atoms with van der Waals surface area (Å²) in [4.78, 5) is 13.1. The van der Waals surface area contributed by atoms with Crippen LogP contribution in [-0.2, 0) is 4.79 Å². The Kier molecular flexibility index (Phi) is 3.72. The van der Waals surface area contributed by atoms with Crippen molar-refractivity contribution >= 4 is 5.97 Å². The van der Waals surface area contributed by atoms with Gasteiger partial charge in [-0.2, -0.15) is 0 Å². The molecule has 1 aliphatic heterocycles. The molecule has 3 heteroatoms. The lowest BCUT2D eigenvalue weighted by Crippen LogP contribution is -2.35. The molecule has 2 rings (SSSR count). The van der Waals surface area contributed by atoms with E-state index >= 15 is 0 Å². The van der Waals surface area contributed by atoms with E-state index in [-0.39, 0.29) is 0 Å². The first-order valence-corrected chi connectivity index (χ1v) is 7.26. The van der Waals surface area contributed by atoms with Crippen molar-refractivity contribution < 1.29 is 9.90 Å². The van der Waals surface area contributed by atoms with Gasteiger partial charge in [-0.05, 0) is 49.5 Å². The number of carboxylic acids is 1. The largest absolute Gasteiger partial charge is 0.481 e. The van der Waals surface area contributed by atoms with Crippen LogP contribution in [0.3, 0.4) is 0 Å². The van der Waals surface area contributed by atoms with Gasteiger partial charge in [0.05, 0.1) is 0 Å². The van der Waals surface area contributed by atoms with Gasteiger partial charge in [-0.1, -0.05) is 20.8 Å². The summed E-state index contributed by atoms with van der Waals surface area (Å²) in [7, 11) is 0. The van der Waals surface area contributed by atoms with Gasteiger partial charge in [0.2, 0.25) is 0 Å². The molecule has 2 atom stereocenters. The van der Waals surface area contributed by atoms with Gasteiger partial charge in [0.25, 0.3) is 0 Å². The van der Waals surface area contributed by atoms with Crippen molar-refractivity contribution in [3.05, 3.63) is 0 Å². The molecule has 0 aromatic carbocycles. The van der Waals surface area contributed by atoms with Crippen LogP contribution in [0.15, 0.2) is 0 Å². The minimum Gasteiger partial charge on any atom is -0.481 e. The molecule has 0 aromatic rings. The number of hydrogen-bond acceptors (Lipinski definition) is 2. The van der Waals surface area contributed by atoms with Crippen LogP contribution < -0.4 is 0 Å². The van der Waals surface area contributed by atoms with Gasteiger partial charge in [0.1, 0.15) is 0 Å². The van der Waals surface area contributed by atoms with Crippen LogP contribution in [-0.4, -0.2) is 35.1 Å². The fourth-order valence-corrected chi connectivity index (χ4v) is 4.43. The number of carbonyl (C=O) groups is 1. The predicted octanol–water partition coefficient (Wildman–Crippen LogP) is 3.14. The third-order valence-electron chi connectivity index (χ3n) is 4.61. The predicted molar refractivity (Wildman–Crippen MR) is 72.6 cm³/mol. The number of carboxylic acid groups (broad SMARTS) is 1. The monoisotopic (exact) mass is 253 g/mol. The zero-order valence-electron chi connectivity index (χ0n) is 12.0. The summed E-state index contributed by atoms with van der Waals surface area (Å²) in [6.45, 7) is 9.52. The molecule has 1 heterocycles. The average Bonchev–Trinajstić information content (AvgIpc) is 2.42. The van der Waals surface area contributed by atoms with E-state index in [1.807, 2.05) is 0 Å². The van der Waals surface area contributed by atoms with Gasteiger partial charge < -0.3 is 5.11 Å². The molecular formula is C15H27NO2. The summed E-state index contributed by atoms with van der Waals surface area (Å²) in [5, 5.41) is 8.65. The van der Waals surface area contributed by atoms with Crippen molar-refractivity contribution in [2.45, 2.75) is 65.3 Å². The number of fused-ring (bicyclic) bond motifs is 2. The molecule has 0 radical (unpaired) electrons. The number of likely N-dealkylation sites (tertiary alicyclic amines) is 1. The highest BCUT2D eigenvalue weighted by Gasteiger charge is 2.49. The first kappa shape index (κ1) is 13.9. The highest BCUT2D eigenvalue weighted by molar-refractivity contribution is 5.66. The van der Waals surface area contributed by atoms with Crippen molar-refractivity contribution in [2.75, 3.05) is 13.1 Å². The van der Waals surface area contributed by atoms with Crippen LogP contribution in [0.4, 0.5) is 0 Å². The maximum absolute atomic E-state index is 10.5. The maximum Gasteiger partial charge on any atom is 0.303 e. The average molecular weight is 253 g/mol. The molecule has 2 fully saturated rings. The van der Waals surface area contributed by atoms with E-state index in [4.69, 9.17) is 5.11 Å². The lowest BCUT2D eigenvalue weighted by Gasteiger charge is -2.40. The van der Waals surface area contributed by atoms with E-state index in [2.05, 4.69) is 25.7 Å². The number of rotatable bonds is 5. The number of hydrogen-bond donors (Lipinski definition) is 1. The van der Waals surface area contributed by atoms with Gasteiger partial charge in [-0.15, -0.1) is 0 Å². The van der Waals surface area contributed by atoms with Crippen LogP contribution >= 0.6 is 0 Å². The van der Waals surface area contributed by atoms with E-state index < -0.39 is 5.97 Å². The standard InChI is InChI=1S/C15H27NO2/c1-14(2)8-12-9-15(3,10-14)11-16(12)7-5-4-6-13(17)18/h12H,4-11H2,1-3H3,(H,17,18). The fraction of sp³-hybridized carbons (Fsp3) is 0.933. The zero-order valence-corrected chi connectivity index (χ0v) is 12.0. The van der Waals surface area contributed by atoms with Crippen LogP contribution in [0.25, 0.3) is 0 Å². The van der Waals surface area contributed by atoms with E-state index in [9.17, 15) is 4.79 Å². The van der Waals surface area contributed by atoms with E-state index in [0.717, 1.165) is 25.4 Å². The highest BCUT2D eigenvalue weighted by atomic mass is 16.4. The third kappa shape index (κ3) is 3.25.